The quantitative estimate of drug-likeness (QED) is 0.478. The summed E-state index contributed by atoms with van der Waals surface area (Å²) in [5, 5.41) is 0. The molecular formula is C7H8I2O. The molecule has 0 bridgehead atoms. The summed E-state index contributed by atoms with van der Waals surface area (Å²) in [7, 11) is 0. The average Bonchev–Trinajstić information content (AvgIpc) is 1.88. The Morgan fingerprint density at radius 3 is 2.20 bits per heavy atom. The molecule has 1 fully saturated rings. The van der Waals surface area contributed by atoms with Crippen molar-refractivity contribution in [3.05, 3.63) is 7.16 Å². The normalized spacial score (nSPS) is 19.4. The van der Waals surface area contributed by atoms with Gasteiger partial charge in [0.05, 0.1) is 1.59 Å². The van der Waals surface area contributed by atoms with Gasteiger partial charge in [-0.25, -0.2) is 0 Å². The third-order valence-corrected chi connectivity index (χ3v) is 2.95. The van der Waals surface area contributed by atoms with E-state index in [9.17, 15) is 4.79 Å². The van der Waals surface area contributed by atoms with Gasteiger partial charge in [0.1, 0.15) is 0 Å². The number of allylic oxidation sites excluding steroid dienone is 1. The summed E-state index contributed by atoms with van der Waals surface area (Å²) in [4.78, 5) is 11.2. The van der Waals surface area contributed by atoms with Crippen LogP contribution in [0.1, 0.15) is 25.7 Å². The Bertz CT molecular complexity index is 180. The standard InChI is InChI=1S/C7H8I2O/c8-7(9)5-3-1-2-4-6(5)10/h1-4H2. The van der Waals surface area contributed by atoms with Gasteiger partial charge in [-0.3, -0.25) is 4.79 Å². The predicted octanol–water partition coefficient (Wildman–Crippen LogP) is 3.21. The Hall–Kier alpha value is 0.870. The lowest BCUT2D eigenvalue weighted by molar-refractivity contribution is -0.116. The molecule has 1 aliphatic carbocycles. The van der Waals surface area contributed by atoms with Crippen molar-refractivity contribution < 1.29 is 4.79 Å². The van der Waals surface area contributed by atoms with E-state index in [2.05, 4.69) is 45.2 Å². The molecule has 1 rings (SSSR count). The van der Waals surface area contributed by atoms with Gasteiger partial charge in [-0.05, 0) is 64.4 Å². The van der Waals surface area contributed by atoms with E-state index in [1.165, 1.54) is 6.42 Å². The number of carbonyl (C=O) groups is 1. The Morgan fingerprint density at radius 1 is 1.20 bits per heavy atom. The monoisotopic (exact) mass is 362 g/mol. The van der Waals surface area contributed by atoms with Crippen molar-refractivity contribution in [1.29, 1.82) is 0 Å². The number of halogens is 2. The summed E-state index contributed by atoms with van der Waals surface area (Å²) in [5.41, 5.74) is 1.06. The maximum Gasteiger partial charge on any atom is 0.160 e. The van der Waals surface area contributed by atoms with Gasteiger partial charge < -0.3 is 0 Å². The molecule has 3 heteroatoms. The predicted molar refractivity (Wildman–Crippen MR) is 58.5 cm³/mol. The van der Waals surface area contributed by atoms with Crippen LogP contribution < -0.4 is 0 Å². The lowest BCUT2D eigenvalue weighted by Crippen LogP contribution is -2.08. The first-order chi connectivity index (χ1) is 4.72. The first-order valence-electron chi connectivity index (χ1n) is 3.29. The minimum atomic E-state index is 0.366. The molecule has 0 aliphatic heterocycles. The van der Waals surface area contributed by atoms with E-state index in [1.807, 2.05) is 0 Å². The van der Waals surface area contributed by atoms with Crippen molar-refractivity contribution in [1.82, 2.24) is 0 Å². The largest absolute Gasteiger partial charge is 0.294 e. The van der Waals surface area contributed by atoms with Crippen LogP contribution in [0.15, 0.2) is 7.16 Å². The molecule has 0 aromatic rings. The molecule has 0 atom stereocenters. The first kappa shape index (κ1) is 8.96. The second-order valence-corrected chi connectivity index (χ2v) is 6.59. The molecule has 0 unspecified atom stereocenters. The van der Waals surface area contributed by atoms with Crippen LogP contribution in [0.2, 0.25) is 0 Å². The van der Waals surface area contributed by atoms with Gasteiger partial charge in [0, 0.05) is 12.0 Å². The van der Waals surface area contributed by atoms with Gasteiger partial charge in [0.25, 0.3) is 0 Å². The highest BCUT2D eigenvalue weighted by molar-refractivity contribution is 14.2. The van der Waals surface area contributed by atoms with Crippen molar-refractivity contribution >= 4 is 51.0 Å². The summed E-state index contributed by atoms with van der Waals surface area (Å²) in [6.07, 6.45) is 4.05. The molecule has 0 aromatic carbocycles. The number of hydrogen-bond donors (Lipinski definition) is 0. The molecule has 0 spiro atoms. The molecule has 10 heavy (non-hydrogen) atoms. The molecule has 0 heterocycles. The average molecular weight is 362 g/mol. The van der Waals surface area contributed by atoms with Gasteiger partial charge in [-0.15, -0.1) is 0 Å². The van der Waals surface area contributed by atoms with Crippen LogP contribution in [0.5, 0.6) is 0 Å². The van der Waals surface area contributed by atoms with E-state index in [0.717, 1.165) is 26.4 Å². The molecule has 0 N–H and O–H groups in total. The maximum absolute atomic E-state index is 11.2. The summed E-state index contributed by atoms with van der Waals surface area (Å²) in [6.45, 7) is 0. The van der Waals surface area contributed by atoms with Crippen LogP contribution in [0.3, 0.4) is 0 Å². The molecular weight excluding hydrogens is 354 g/mol. The maximum atomic E-state index is 11.2. The second kappa shape index (κ2) is 4.04. The van der Waals surface area contributed by atoms with Crippen LogP contribution in [-0.4, -0.2) is 5.78 Å². The van der Waals surface area contributed by atoms with E-state index in [-0.39, 0.29) is 0 Å². The van der Waals surface area contributed by atoms with Crippen LogP contribution in [0.25, 0.3) is 0 Å². The molecule has 0 amide bonds. The van der Waals surface area contributed by atoms with Crippen molar-refractivity contribution in [3.63, 3.8) is 0 Å². The third kappa shape index (κ3) is 2.18. The lowest BCUT2D eigenvalue weighted by atomic mass is 9.95. The molecule has 0 saturated heterocycles. The molecule has 1 nitrogen and oxygen atoms in total. The minimum Gasteiger partial charge on any atom is -0.294 e. The van der Waals surface area contributed by atoms with Crippen LogP contribution >= 0.6 is 45.2 Å². The Kier molecular flexibility index (Phi) is 3.62. The molecule has 0 aromatic heterocycles. The van der Waals surface area contributed by atoms with Crippen LogP contribution in [0, 0.1) is 0 Å². The number of Topliss-reactive ketones (excluding diaryl/α,β-unsaturated/α-hetero) is 1. The van der Waals surface area contributed by atoms with Gasteiger partial charge in [-0.1, -0.05) is 0 Å². The zero-order chi connectivity index (χ0) is 7.56. The Morgan fingerprint density at radius 2 is 1.80 bits per heavy atom. The molecule has 1 saturated carbocycles. The first-order valence-corrected chi connectivity index (χ1v) is 5.45. The fourth-order valence-corrected chi connectivity index (χ4v) is 2.22. The van der Waals surface area contributed by atoms with Crippen LogP contribution in [-0.2, 0) is 4.79 Å². The highest BCUT2D eigenvalue weighted by Gasteiger charge is 2.16. The van der Waals surface area contributed by atoms with Gasteiger partial charge in [-0.2, -0.15) is 0 Å². The van der Waals surface area contributed by atoms with E-state index < -0.39 is 0 Å². The van der Waals surface area contributed by atoms with Crippen LogP contribution in [0.4, 0.5) is 0 Å². The highest BCUT2D eigenvalue weighted by Crippen LogP contribution is 2.29. The topological polar surface area (TPSA) is 17.1 Å². The van der Waals surface area contributed by atoms with E-state index >= 15 is 0 Å². The molecule has 56 valence electrons. The van der Waals surface area contributed by atoms with Gasteiger partial charge in [0.2, 0.25) is 0 Å². The number of hydrogen-bond acceptors (Lipinski definition) is 1. The van der Waals surface area contributed by atoms with Crippen molar-refractivity contribution in [2.75, 3.05) is 0 Å². The highest BCUT2D eigenvalue weighted by atomic mass is 127. The number of carbonyl (C=O) groups excluding carboxylic acids is 1. The van der Waals surface area contributed by atoms with E-state index in [0.29, 0.717) is 5.78 Å². The molecule has 1 aliphatic rings. The van der Waals surface area contributed by atoms with Crippen molar-refractivity contribution in [2.24, 2.45) is 0 Å². The molecule has 0 radical (unpaired) electrons. The van der Waals surface area contributed by atoms with Gasteiger partial charge in [0.15, 0.2) is 5.78 Å². The number of rotatable bonds is 0. The van der Waals surface area contributed by atoms with Crippen molar-refractivity contribution in [2.45, 2.75) is 25.7 Å². The zero-order valence-electron chi connectivity index (χ0n) is 5.49. The Balaban J connectivity index is 2.75. The second-order valence-electron chi connectivity index (χ2n) is 2.37. The van der Waals surface area contributed by atoms with E-state index in [1.54, 1.807) is 0 Å². The van der Waals surface area contributed by atoms with Gasteiger partial charge >= 0.3 is 0 Å². The zero-order valence-corrected chi connectivity index (χ0v) is 9.81. The SMILES string of the molecule is O=C1CCCCC1=C(I)I. The summed E-state index contributed by atoms with van der Waals surface area (Å²) >= 11 is 4.44. The van der Waals surface area contributed by atoms with Crippen molar-refractivity contribution in [3.8, 4) is 0 Å². The fraction of sp³-hybridized carbons (Fsp3) is 0.571. The fourth-order valence-electron chi connectivity index (χ4n) is 1.08. The summed E-state index contributed by atoms with van der Waals surface area (Å²) in [5.74, 6) is 0.366. The third-order valence-electron chi connectivity index (χ3n) is 1.65. The Labute approximate surface area is 87.9 Å². The minimum absolute atomic E-state index is 0.366. The van der Waals surface area contributed by atoms with E-state index in [4.69, 9.17) is 0 Å². The smallest absolute Gasteiger partial charge is 0.160 e. The lowest BCUT2D eigenvalue weighted by Gasteiger charge is -2.12. The summed E-state index contributed by atoms with van der Waals surface area (Å²) < 4.78 is 1.15. The number of ketones is 1. The summed E-state index contributed by atoms with van der Waals surface area (Å²) in [6, 6.07) is 0.